The van der Waals surface area contributed by atoms with Gasteiger partial charge in [0.25, 0.3) is 0 Å². The molecule has 0 saturated heterocycles. The smallest absolute Gasteiger partial charge is 0.306 e. The van der Waals surface area contributed by atoms with E-state index in [-0.39, 0.29) is 31.1 Å². The van der Waals surface area contributed by atoms with Gasteiger partial charge in [-0.2, -0.15) is 0 Å². The molecule has 0 amide bonds. The van der Waals surface area contributed by atoms with Crippen molar-refractivity contribution in [1.29, 1.82) is 0 Å². The summed E-state index contributed by atoms with van der Waals surface area (Å²) in [5.74, 6) is -0.853. The van der Waals surface area contributed by atoms with E-state index in [2.05, 4.69) is 32.9 Å². The molecular weight excluding hydrogens is 793 g/mol. The fourth-order valence-corrected chi connectivity index (χ4v) is 8.68. The molecule has 0 radical (unpaired) electrons. The van der Waals surface area contributed by atoms with E-state index in [1.165, 1.54) is 218 Å². The van der Waals surface area contributed by atoms with Crippen molar-refractivity contribution in [1.82, 2.24) is 0 Å². The molecule has 64 heavy (non-hydrogen) atoms. The summed E-state index contributed by atoms with van der Waals surface area (Å²) in [7, 11) is 0. The Balaban J connectivity index is 4.28. The Bertz CT molecular complexity index is 993. The SMILES string of the molecule is CCCCCCCC/C=C\CCCCCCCC(=O)OC(COC(=O)CCCCCCCCCCCCCC)COC(=O)CCCCCCCCCCCCCCCCCCCCC. The first-order chi connectivity index (χ1) is 31.5. The highest BCUT2D eigenvalue weighted by Gasteiger charge is 2.19. The summed E-state index contributed by atoms with van der Waals surface area (Å²) in [4.78, 5) is 38.1. The fourth-order valence-electron chi connectivity index (χ4n) is 8.68. The molecule has 378 valence electrons. The van der Waals surface area contributed by atoms with Gasteiger partial charge in [-0.15, -0.1) is 0 Å². The van der Waals surface area contributed by atoms with Crippen LogP contribution < -0.4 is 0 Å². The number of hydrogen-bond acceptors (Lipinski definition) is 6. The first kappa shape index (κ1) is 62.1. The van der Waals surface area contributed by atoms with E-state index in [4.69, 9.17) is 14.2 Å². The highest BCUT2D eigenvalue weighted by Crippen LogP contribution is 2.17. The molecule has 0 heterocycles. The second-order valence-electron chi connectivity index (χ2n) is 19.6. The zero-order valence-electron chi connectivity index (χ0n) is 43.3. The number of allylic oxidation sites excluding steroid dienone is 2. The Morgan fingerprint density at radius 1 is 0.297 bits per heavy atom. The second-order valence-corrected chi connectivity index (χ2v) is 19.6. The van der Waals surface area contributed by atoms with Crippen LogP contribution in [0.5, 0.6) is 0 Å². The first-order valence-corrected chi connectivity index (χ1v) is 28.7. The average molecular weight is 904 g/mol. The van der Waals surface area contributed by atoms with Gasteiger partial charge in [0, 0.05) is 19.3 Å². The van der Waals surface area contributed by atoms with E-state index in [1.807, 2.05) is 0 Å². The lowest BCUT2D eigenvalue weighted by Crippen LogP contribution is -2.30. The van der Waals surface area contributed by atoms with Gasteiger partial charge in [-0.25, -0.2) is 0 Å². The molecule has 0 aliphatic carbocycles. The van der Waals surface area contributed by atoms with Crippen molar-refractivity contribution >= 4 is 17.9 Å². The van der Waals surface area contributed by atoms with E-state index in [0.717, 1.165) is 64.2 Å². The van der Waals surface area contributed by atoms with Crippen molar-refractivity contribution in [3.63, 3.8) is 0 Å². The van der Waals surface area contributed by atoms with E-state index in [1.54, 1.807) is 0 Å². The predicted octanol–water partition coefficient (Wildman–Crippen LogP) is 18.9. The highest BCUT2D eigenvalue weighted by atomic mass is 16.6. The molecule has 0 aromatic carbocycles. The Labute approximate surface area is 399 Å². The molecule has 0 aliphatic rings. The van der Waals surface area contributed by atoms with E-state index >= 15 is 0 Å². The monoisotopic (exact) mass is 903 g/mol. The first-order valence-electron chi connectivity index (χ1n) is 28.7. The van der Waals surface area contributed by atoms with Gasteiger partial charge in [-0.3, -0.25) is 14.4 Å². The third kappa shape index (κ3) is 51.1. The summed E-state index contributed by atoms with van der Waals surface area (Å²) in [6, 6.07) is 0. The van der Waals surface area contributed by atoms with Crippen LogP contribution in [0.2, 0.25) is 0 Å². The van der Waals surface area contributed by atoms with Crippen LogP contribution in [-0.2, 0) is 28.6 Å². The Hall–Kier alpha value is -1.85. The lowest BCUT2D eigenvalue weighted by molar-refractivity contribution is -0.167. The van der Waals surface area contributed by atoms with Crippen LogP contribution in [0.15, 0.2) is 12.2 Å². The van der Waals surface area contributed by atoms with E-state index < -0.39 is 6.10 Å². The molecule has 1 unspecified atom stereocenters. The number of carbonyl (C=O) groups is 3. The maximum absolute atomic E-state index is 12.8. The quantitative estimate of drug-likeness (QED) is 0.0262. The zero-order valence-corrected chi connectivity index (χ0v) is 43.3. The van der Waals surface area contributed by atoms with Crippen molar-refractivity contribution < 1.29 is 28.6 Å². The standard InChI is InChI=1S/C58H110O6/c1-4-7-10-13-16-19-22-25-27-28-29-30-32-33-36-39-42-45-48-51-57(60)63-54-55(53-62-56(59)50-47-44-41-38-35-24-21-18-15-12-9-6-3)64-58(61)52-49-46-43-40-37-34-31-26-23-20-17-14-11-8-5-2/h26,31,55H,4-25,27-30,32-54H2,1-3H3/b31-26-. The number of unbranched alkanes of at least 4 members (excludes halogenated alkanes) is 40. The van der Waals surface area contributed by atoms with E-state index in [9.17, 15) is 14.4 Å². The predicted molar refractivity (Wildman–Crippen MR) is 275 cm³/mol. The summed E-state index contributed by atoms with van der Waals surface area (Å²) < 4.78 is 16.9. The molecule has 0 spiro atoms. The maximum atomic E-state index is 12.8. The summed E-state index contributed by atoms with van der Waals surface area (Å²) in [5, 5.41) is 0. The molecule has 6 heteroatoms. The topological polar surface area (TPSA) is 78.9 Å². The average Bonchev–Trinajstić information content (AvgIpc) is 3.29. The lowest BCUT2D eigenvalue weighted by Gasteiger charge is -2.18. The molecule has 0 fully saturated rings. The molecule has 0 rings (SSSR count). The minimum Gasteiger partial charge on any atom is -0.462 e. The molecule has 0 aromatic rings. The van der Waals surface area contributed by atoms with Gasteiger partial charge in [-0.05, 0) is 44.9 Å². The lowest BCUT2D eigenvalue weighted by atomic mass is 10.0. The van der Waals surface area contributed by atoms with Crippen LogP contribution in [-0.4, -0.2) is 37.2 Å². The summed E-state index contributed by atoms with van der Waals surface area (Å²) >= 11 is 0. The summed E-state index contributed by atoms with van der Waals surface area (Å²) in [5.41, 5.74) is 0. The molecule has 1 atom stereocenters. The molecule has 0 N–H and O–H groups in total. The molecule has 0 saturated carbocycles. The number of rotatable bonds is 53. The largest absolute Gasteiger partial charge is 0.462 e. The van der Waals surface area contributed by atoms with Crippen LogP contribution in [0.3, 0.4) is 0 Å². The number of hydrogen-bond donors (Lipinski definition) is 0. The van der Waals surface area contributed by atoms with Gasteiger partial charge in [0.2, 0.25) is 0 Å². The molecule has 6 nitrogen and oxygen atoms in total. The van der Waals surface area contributed by atoms with Crippen molar-refractivity contribution in [3.05, 3.63) is 12.2 Å². The Kier molecular flexibility index (Phi) is 52.2. The minimum atomic E-state index is -0.768. The maximum Gasteiger partial charge on any atom is 0.306 e. The van der Waals surface area contributed by atoms with Crippen LogP contribution in [0.4, 0.5) is 0 Å². The molecule has 0 aliphatic heterocycles. The van der Waals surface area contributed by atoms with Crippen LogP contribution >= 0.6 is 0 Å². The molecular formula is C58H110O6. The fraction of sp³-hybridized carbons (Fsp3) is 0.914. The highest BCUT2D eigenvalue weighted by molar-refractivity contribution is 5.71. The van der Waals surface area contributed by atoms with Crippen molar-refractivity contribution in [2.45, 2.75) is 329 Å². The molecule has 0 bridgehead atoms. The van der Waals surface area contributed by atoms with Gasteiger partial charge in [-0.1, -0.05) is 270 Å². The second kappa shape index (κ2) is 53.8. The normalized spacial score (nSPS) is 12.0. The van der Waals surface area contributed by atoms with E-state index in [0.29, 0.717) is 19.3 Å². The summed E-state index contributed by atoms with van der Waals surface area (Å²) in [6.07, 6.45) is 60.6. The summed E-state index contributed by atoms with van der Waals surface area (Å²) in [6.45, 7) is 6.68. The zero-order chi connectivity index (χ0) is 46.5. The van der Waals surface area contributed by atoms with Gasteiger partial charge < -0.3 is 14.2 Å². The van der Waals surface area contributed by atoms with Gasteiger partial charge in [0.1, 0.15) is 13.2 Å². The number of esters is 3. The van der Waals surface area contributed by atoms with Crippen LogP contribution in [0.1, 0.15) is 323 Å². The van der Waals surface area contributed by atoms with Gasteiger partial charge >= 0.3 is 17.9 Å². The molecule has 0 aromatic heterocycles. The van der Waals surface area contributed by atoms with Crippen molar-refractivity contribution in [2.24, 2.45) is 0 Å². The van der Waals surface area contributed by atoms with Crippen LogP contribution in [0.25, 0.3) is 0 Å². The third-order valence-electron chi connectivity index (χ3n) is 13.0. The Morgan fingerprint density at radius 2 is 0.516 bits per heavy atom. The Morgan fingerprint density at radius 3 is 0.781 bits per heavy atom. The minimum absolute atomic E-state index is 0.0675. The number of ether oxygens (including phenoxy) is 3. The third-order valence-corrected chi connectivity index (χ3v) is 13.0. The van der Waals surface area contributed by atoms with Gasteiger partial charge in [0.05, 0.1) is 0 Å². The number of carbonyl (C=O) groups excluding carboxylic acids is 3. The van der Waals surface area contributed by atoms with Crippen molar-refractivity contribution in [3.8, 4) is 0 Å². The van der Waals surface area contributed by atoms with Crippen molar-refractivity contribution in [2.75, 3.05) is 13.2 Å². The van der Waals surface area contributed by atoms with Crippen LogP contribution in [0, 0.1) is 0 Å². The van der Waals surface area contributed by atoms with Gasteiger partial charge in [0.15, 0.2) is 6.10 Å².